The summed E-state index contributed by atoms with van der Waals surface area (Å²) < 4.78 is 12.3. The van der Waals surface area contributed by atoms with Crippen molar-refractivity contribution in [1.29, 1.82) is 0 Å². The van der Waals surface area contributed by atoms with Gasteiger partial charge < -0.3 is 19.5 Å². The smallest absolute Gasteiger partial charge is 0.260 e. The van der Waals surface area contributed by atoms with Gasteiger partial charge in [-0.05, 0) is 41.3 Å². The lowest BCUT2D eigenvalue weighted by molar-refractivity contribution is -0.145. The largest absolute Gasteiger partial charge is 0.497 e. The molecule has 2 aliphatic rings. The molecule has 1 saturated heterocycles. The van der Waals surface area contributed by atoms with E-state index in [4.69, 9.17) is 9.47 Å². The third kappa shape index (κ3) is 2.90. The highest BCUT2D eigenvalue weighted by atomic mass is 79.9. The summed E-state index contributed by atoms with van der Waals surface area (Å²) in [5.41, 5.74) is 1.00. The number of nitrogens with zero attached hydrogens (tertiary/aromatic N) is 1. The summed E-state index contributed by atoms with van der Waals surface area (Å²) in [6.07, 6.45) is 0.845. The minimum atomic E-state index is -1.64. The monoisotopic (exact) mass is 493 g/mol. The maximum atomic E-state index is 13.8. The molecule has 0 spiro atoms. The second kappa shape index (κ2) is 7.64. The molecule has 0 radical (unpaired) electrons. The van der Waals surface area contributed by atoms with Crippen molar-refractivity contribution in [2.75, 3.05) is 20.8 Å². The molecular weight excluding hydrogens is 470 g/mol. The minimum Gasteiger partial charge on any atom is -0.497 e. The molecule has 0 aliphatic carbocycles. The molecule has 0 saturated carbocycles. The highest BCUT2D eigenvalue weighted by Crippen LogP contribution is 2.57. The van der Waals surface area contributed by atoms with Crippen LogP contribution in [0, 0.1) is 0 Å². The lowest BCUT2D eigenvalue weighted by Crippen LogP contribution is -2.49. The number of methoxy groups -OCH3 is 2. The first-order chi connectivity index (χ1) is 15.4. The van der Waals surface area contributed by atoms with Crippen molar-refractivity contribution in [1.82, 2.24) is 4.90 Å². The molecule has 0 unspecified atom stereocenters. The van der Waals surface area contributed by atoms with Gasteiger partial charge in [-0.25, -0.2) is 0 Å². The molecule has 5 nitrogen and oxygen atoms in total. The average Bonchev–Trinajstić information content (AvgIpc) is 3.07. The van der Waals surface area contributed by atoms with Gasteiger partial charge in [0.1, 0.15) is 17.0 Å². The quantitative estimate of drug-likeness (QED) is 0.585. The zero-order valence-corrected chi connectivity index (χ0v) is 19.6. The van der Waals surface area contributed by atoms with Crippen LogP contribution in [0.1, 0.15) is 28.7 Å². The Morgan fingerprint density at radius 3 is 2.34 bits per heavy atom. The Kier molecular flexibility index (Phi) is 5.02. The van der Waals surface area contributed by atoms with E-state index in [0.29, 0.717) is 30.0 Å². The lowest BCUT2D eigenvalue weighted by Gasteiger charge is -2.44. The summed E-state index contributed by atoms with van der Waals surface area (Å²) in [6, 6.07) is 21.1. The Morgan fingerprint density at radius 1 is 0.969 bits per heavy atom. The first-order valence-electron chi connectivity index (χ1n) is 10.6. The molecule has 2 atom stereocenters. The summed E-state index contributed by atoms with van der Waals surface area (Å²) in [5, 5.41) is 11.9. The fourth-order valence-electron chi connectivity index (χ4n) is 5.34. The number of ether oxygens (including phenoxy) is 2. The molecule has 2 heterocycles. The minimum absolute atomic E-state index is 0.195. The molecule has 1 N–H and O–H groups in total. The number of benzene rings is 3. The average molecular weight is 494 g/mol. The molecule has 164 valence electrons. The van der Waals surface area contributed by atoms with Crippen LogP contribution in [-0.2, 0) is 22.4 Å². The number of rotatable bonds is 4. The van der Waals surface area contributed by atoms with Crippen molar-refractivity contribution in [3.05, 3.63) is 93.5 Å². The van der Waals surface area contributed by atoms with Gasteiger partial charge in [0.05, 0.1) is 14.2 Å². The Labute approximate surface area is 195 Å². The zero-order chi connectivity index (χ0) is 22.5. The van der Waals surface area contributed by atoms with Crippen molar-refractivity contribution in [3.8, 4) is 11.5 Å². The third-order valence-corrected chi connectivity index (χ3v) is 7.30. The van der Waals surface area contributed by atoms with E-state index in [9.17, 15) is 9.90 Å². The fourth-order valence-corrected chi connectivity index (χ4v) is 5.61. The van der Waals surface area contributed by atoms with Crippen LogP contribution in [-0.4, -0.2) is 36.7 Å². The molecule has 6 heteroatoms. The molecule has 1 fully saturated rings. The van der Waals surface area contributed by atoms with E-state index in [1.807, 2.05) is 71.6 Å². The highest BCUT2D eigenvalue weighted by Gasteiger charge is 2.63. The van der Waals surface area contributed by atoms with E-state index in [0.717, 1.165) is 21.2 Å². The van der Waals surface area contributed by atoms with Crippen molar-refractivity contribution >= 4 is 21.8 Å². The molecule has 1 amide bonds. The van der Waals surface area contributed by atoms with Crippen molar-refractivity contribution in [2.24, 2.45) is 0 Å². The number of fused-ring (bicyclic) bond motifs is 3. The van der Waals surface area contributed by atoms with E-state index >= 15 is 0 Å². The van der Waals surface area contributed by atoms with E-state index in [1.165, 1.54) is 0 Å². The summed E-state index contributed by atoms with van der Waals surface area (Å²) in [6.45, 7) is 0.493. The van der Waals surface area contributed by atoms with Gasteiger partial charge in [-0.1, -0.05) is 58.4 Å². The van der Waals surface area contributed by atoms with E-state index in [-0.39, 0.29) is 12.3 Å². The van der Waals surface area contributed by atoms with Gasteiger partial charge in [-0.2, -0.15) is 0 Å². The number of carbonyl (C=O) groups excluding carboxylic acids is 1. The third-order valence-electron chi connectivity index (χ3n) is 6.78. The number of aliphatic hydroxyl groups is 1. The van der Waals surface area contributed by atoms with Gasteiger partial charge in [-0.15, -0.1) is 0 Å². The van der Waals surface area contributed by atoms with Crippen LogP contribution in [0.15, 0.2) is 71.2 Å². The van der Waals surface area contributed by atoms with Crippen LogP contribution >= 0.6 is 15.9 Å². The number of hydrogen-bond acceptors (Lipinski definition) is 4. The van der Waals surface area contributed by atoms with E-state index in [2.05, 4.69) is 15.9 Å². The predicted octanol–water partition coefficient (Wildman–Crippen LogP) is 4.39. The Hall–Kier alpha value is -2.83. The maximum Gasteiger partial charge on any atom is 0.260 e. The second-order valence-corrected chi connectivity index (χ2v) is 9.26. The molecule has 0 aromatic heterocycles. The summed E-state index contributed by atoms with van der Waals surface area (Å²) >= 11 is 3.52. The zero-order valence-electron chi connectivity index (χ0n) is 18.0. The second-order valence-electron chi connectivity index (χ2n) is 8.34. The van der Waals surface area contributed by atoms with Crippen molar-refractivity contribution in [2.45, 2.75) is 24.0 Å². The normalized spacial score (nSPS) is 24.1. The topological polar surface area (TPSA) is 59.0 Å². The van der Waals surface area contributed by atoms with Crippen LogP contribution in [0.25, 0.3) is 0 Å². The predicted molar refractivity (Wildman–Crippen MR) is 125 cm³/mol. The SMILES string of the molecule is COc1cc2c(c(OC)c1)[C@]1(c3ccc(Br)cc3)C[C@@](O)(c3ccccc3)C(=O)N1CC2. The number of carbonyl (C=O) groups is 1. The lowest BCUT2D eigenvalue weighted by atomic mass is 9.72. The number of halogens is 1. The molecule has 3 aromatic rings. The molecule has 32 heavy (non-hydrogen) atoms. The van der Waals surface area contributed by atoms with Gasteiger partial charge in [0.2, 0.25) is 0 Å². The Balaban J connectivity index is 1.81. The Morgan fingerprint density at radius 2 is 1.69 bits per heavy atom. The van der Waals surface area contributed by atoms with Crippen LogP contribution in [0.2, 0.25) is 0 Å². The van der Waals surface area contributed by atoms with Crippen LogP contribution in [0.3, 0.4) is 0 Å². The summed E-state index contributed by atoms with van der Waals surface area (Å²) in [5.74, 6) is 1.08. The number of hydrogen-bond donors (Lipinski definition) is 1. The van der Waals surface area contributed by atoms with Crippen LogP contribution in [0.4, 0.5) is 0 Å². The molecule has 5 rings (SSSR count). The molecule has 0 bridgehead atoms. The molecule has 2 aliphatic heterocycles. The first-order valence-corrected chi connectivity index (χ1v) is 11.3. The fraction of sp³-hybridized carbons (Fsp3) is 0.269. The first kappa shape index (κ1) is 21.0. The van der Waals surface area contributed by atoms with Gasteiger partial charge in [0.25, 0.3) is 5.91 Å². The van der Waals surface area contributed by atoms with Gasteiger partial charge >= 0.3 is 0 Å². The van der Waals surface area contributed by atoms with Crippen molar-refractivity contribution < 1.29 is 19.4 Å². The summed E-state index contributed by atoms with van der Waals surface area (Å²) in [7, 11) is 3.26. The molecule has 3 aromatic carbocycles. The molecular formula is C26H24BrNO4. The number of amides is 1. The van der Waals surface area contributed by atoms with Gasteiger partial charge in [0, 0.05) is 29.1 Å². The Bertz CT molecular complexity index is 1160. The van der Waals surface area contributed by atoms with Crippen molar-refractivity contribution in [3.63, 3.8) is 0 Å². The van der Waals surface area contributed by atoms with Crippen LogP contribution in [0.5, 0.6) is 11.5 Å². The van der Waals surface area contributed by atoms with Gasteiger partial charge in [-0.3, -0.25) is 4.79 Å². The van der Waals surface area contributed by atoms with Crippen LogP contribution < -0.4 is 9.47 Å². The standard InChI is InChI=1S/C26H24BrNO4/c1-31-21-14-17-12-13-28-24(29)26(30,19-6-4-3-5-7-19)16-25(28,23(17)22(15-21)32-2)18-8-10-20(27)11-9-18/h3-11,14-15,30H,12-13,16H2,1-2H3/t25-,26-/m1/s1. The van der Waals surface area contributed by atoms with E-state index in [1.54, 1.807) is 14.2 Å². The maximum absolute atomic E-state index is 13.8. The van der Waals surface area contributed by atoms with Gasteiger partial charge in [0.15, 0.2) is 5.60 Å². The highest BCUT2D eigenvalue weighted by molar-refractivity contribution is 9.10. The van der Waals surface area contributed by atoms with E-state index < -0.39 is 11.1 Å². The summed E-state index contributed by atoms with van der Waals surface area (Å²) in [4.78, 5) is 15.7.